The highest BCUT2D eigenvalue weighted by atomic mass is 16.6. The number of nitro groups is 1. The van der Waals surface area contributed by atoms with E-state index < -0.39 is 0 Å². The lowest BCUT2D eigenvalue weighted by atomic mass is 10.0. The van der Waals surface area contributed by atoms with Gasteiger partial charge in [-0.15, -0.1) is 0 Å². The van der Waals surface area contributed by atoms with E-state index in [9.17, 15) is 10.1 Å². The van der Waals surface area contributed by atoms with E-state index in [0.717, 1.165) is 24.2 Å². The lowest BCUT2D eigenvalue weighted by Crippen LogP contribution is -2.38. The van der Waals surface area contributed by atoms with Gasteiger partial charge in [-0.3, -0.25) is 15.0 Å². The van der Waals surface area contributed by atoms with Gasteiger partial charge in [-0.1, -0.05) is 12.1 Å². The van der Waals surface area contributed by atoms with E-state index in [1.54, 1.807) is 13.0 Å². The molecule has 1 heterocycles. The molecule has 1 N–H and O–H groups in total. The molecule has 0 spiro atoms. The molecule has 5 heteroatoms. The number of nitro benzene ring substituents is 1. The Morgan fingerprint density at radius 3 is 2.95 bits per heavy atom. The highest BCUT2D eigenvalue weighted by Gasteiger charge is 2.29. The summed E-state index contributed by atoms with van der Waals surface area (Å²) in [6.45, 7) is 5.96. The summed E-state index contributed by atoms with van der Waals surface area (Å²) in [6, 6.07) is 6.34. The second kappa shape index (κ2) is 6.33. The van der Waals surface area contributed by atoms with Gasteiger partial charge in [-0.05, 0) is 45.8 Å². The molecule has 5 nitrogen and oxygen atoms in total. The van der Waals surface area contributed by atoms with Crippen molar-refractivity contribution >= 4 is 5.69 Å². The molecule has 1 fully saturated rings. The third-order valence-corrected chi connectivity index (χ3v) is 4.27. The van der Waals surface area contributed by atoms with Gasteiger partial charge in [0, 0.05) is 30.3 Å². The van der Waals surface area contributed by atoms with Crippen molar-refractivity contribution in [2.45, 2.75) is 38.8 Å². The molecule has 1 saturated heterocycles. The van der Waals surface area contributed by atoms with Gasteiger partial charge in [0.05, 0.1) is 4.92 Å². The van der Waals surface area contributed by atoms with Crippen molar-refractivity contribution in [3.8, 4) is 0 Å². The number of likely N-dealkylation sites (tertiary alicyclic amines) is 1. The van der Waals surface area contributed by atoms with Crippen LogP contribution in [0.1, 0.15) is 36.9 Å². The van der Waals surface area contributed by atoms with E-state index >= 15 is 0 Å². The van der Waals surface area contributed by atoms with Gasteiger partial charge in [0.1, 0.15) is 0 Å². The summed E-state index contributed by atoms with van der Waals surface area (Å²) >= 11 is 0. The zero-order valence-corrected chi connectivity index (χ0v) is 12.4. The van der Waals surface area contributed by atoms with Crippen LogP contribution in [0.5, 0.6) is 0 Å². The molecule has 0 aromatic heterocycles. The lowest BCUT2D eigenvalue weighted by Gasteiger charge is -2.31. The summed E-state index contributed by atoms with van der Waals surface area (Å²) in [7, 11) is 1.97. The van der Waals surface area contributed by atoms with Gasteiger partial charge in [-0.25, -0.2) is 0 Å². The number of hydrogen-bond acceptors (Lipinski definition) is 4. The van der Waals surface area contributed by atoms with E-state index in [2.05, 4.69) is 17.1 Å². The minimum absolute atomic E-state index is 0.218. The quantitative estimate of drug-likeness (QED) is 0.664. The Morgan fingerprint density at radius 1 is 1.55 bits per heavy atom. The van der Waals surface area contributed by atoms with Crippen molar-refractivity contribution in [3.05, 3.63) is 39.4 Å². The van der Waals surface area contributed by atoms with Gasteiger partial charge in [-0.2, -0.15) is 0 Å². The van der Waals surface area contributed by atoms with E-state index in [-0.39, 0.29) is 16.7 Å². The molecule has 0 radical (unpaired) electrons. The standard InChI is InChI=1S/C15H23N3O2/c1-11-6-7-13(9-15(11)18(19)20)12(2)17-8-4-5-14(17)10-16-3/h6-7,9,12,14,16H,4-5,8,10H2,1-3H3. The van der Waals surface area contributed by atoms with E-state index in [1.165, 1.54) is 12.8 Å². The molecule has 2 atom stereocenters. The van der Waals surface area contributed by atoms with Crippen LogP contribution in [-0.2, 0) is 0 Å². The molecule has 0 bridgehead atoms. The molecule has 1 aliphatic rings. The van der Waals surface area contributed by atoms with Crippen molar-refractivity contribution in [1.29, 1.82) is 0 Å². The average molecular weight is 277 g/mol. The normalized spacial score (nSPS) is 21.1. The molecule has 2 rings (SSSR count). The third kappa shape index (κ3) is 2.99. The molecule has 1 aromatic carbocycles. The maximum absolute atomic E-state index is 11.1. The lowest BCUT2D eigenvalue weighted by molar-refractivity contribution is -0.385. The van der Waals surface area contributed by atoms with Gasteiger partial charge >= 0.3 is 0 Å². The average Bonchev–Trinajstić information content (AvgIpc) is 2.87. The van der Waals surface area contributed by atoms with Gasteiger partial charge in [0.15, 0.2) is 0 Å². The number of nitrogens with one attached hydrogen (secondary N) is 1. The highest BCUT2D eigenvalue weighted by Crippen LogP contribution is 2.31. The second-order valence-electron chi connectivity index (χ2n) is 5.57. The van der Waals surface area contributed by atoms with Crippen LogP contribution in [-0.4, -0.2) is 36.0 Å². The van der Waals surface area contributed by atoms with E-state index in [0.29, 0.717) is 6.04 Å². The Hall–Kier alpha value is -1.46. The van der Waals surface area contributed by atoms with E-state index in [1.807, 2.05) is 19.2 Å². The largest absolute Gasteiger partial charge is 0.318 e. The Morgan fingerprint density at radius 2 is 2.30 bits per heavy atom. The monoisotopic (exact) mass is 277 g/mol. The summed E-state index contributed by atoms with van der Waals surface area (Å²) in [4.78, 5) is 13.2. The summed E-state index contributed by atoms with van der Waals surface area (Å²) in [6.07, 6.45) is 2.39. The van der Waals surface area contributed by atoms with Crippen molar-refractivity contribution in [2.24, 2.45) is 0 Å². The predicted octanol–water partition coefficient (Wildman–Crippen LogP) is 2.65. The molecule has 0 aliphatic carbocycles. The summed E-state index contributed by atoms with van der Waals surface area (Å²) < 4.78 is 0. The third-order valence-electron chi connectivity index (χ3n) is 4.27. The zero-order chi connectivity index (χ0) is 14.7. The minimum Gasteiger partial charge on any atom is -0.318 e. The molecule has 2 unspecified atom stereocenters. The molecule has 0 amide bonds. The number of likely N-dealkylation sites (N-methyl/N-ethyl adjacent to an activating group) is 1. The Balaban J connectivity index is 2.22. The van der Waals surface area contributed by atoms with Crippen LogP contribution in [0.15, 0.2) is 18.2 Å². The van der Waals surface area contributed by atoms with Crippen molar-refractivity contribution in [3.63, 3.8) is 0 Å². The fraction of sp³-hybridized carbons (Fsp3) is 0.600. The number of benzene rings is 1. The van der Waals surface area contributed by atoms with Gasteiger partial charge in [0.2, 0.25) is 0 Å². The van der Waals surface area contributed by atoms with Crippen LogP contribution >= 0.6 is 0 Å². The Bertz CT molecular complexity index is 490. The molecule has 1 aliphatic heterocycles. The topological polar surface area (TPSA) is 58.4 Å². The maximum atomic E-state index is 11.1. The molecular weight excluding hydrogens is 254 g/mol. The Kier molecular flexibility index (Phi) is 4.73. The maximum Gasteiger partial charge on any atom is 0.272 e. The number of aryl methyl sites for hydroxylation is 1. The van der Waals surface area contributed by atoms with Crippen molar-refractivity contribution < 1.29 is 4.92 Å². The second-order valence-corrected chi connectivity index (χ2v) is 5.57. The minimum atomic E-state index is -0.291. The number of hydrogen-bond donors (Lipinski definition) is 1. The van der Waals surface area contributed by atoms with Crippen molar-refractivity contribution in [1.82, 2.24) is 10.2 Å². The molecule has 0 saturated carbocycles. The van der Waals surface area contributed by atoms with Crippen LogP contribution < -0.4 is 5.32 Å². The van der Waals surface area contributed by atoms with Crippen LogP contribution in [0.2, 0.25) is 0 Å². The summed E-state index contributed by atoms with van der Waals surface area (Å²) in [5.74, 6) is 0. The van der Waals surface area contributed by atoms with Crippen LogP contribution in [0.25, 0.3) is 0 Å². The number of rotatable bonds is 5. The SMILES string of the molecule is CNCC1CCCN1C(C)c1ccc(C)c([N+](=O)[O-])c1. The summed E-state index contributed by atoms with van der Waals surface area (Å²) in [5, 5.41) is 14.3. The first-order valence-corrected chi connectivity index (χ1v) is 7.20. The zero-order valence-electron chi connectivity index (χ0n) is 12.4. The molecule has 20 heavy (non-hydrogen) atoms. The first kappa shape index (κ1) is 14.9. The predicted molar refractivity (Wildman–Crippen MR) is 79.9 cm³/mol. The van der Waals surface area contributed by atoms with E-state index in [4.69, 9.17) is 0 Å². The first-order chi connectivity index (χ1) is 9.54. The van der Waals surface area contributed by atoms with Crippen molar-refractivity contribution in [2.75, 3.05) is 20.1 Å². The van der Waals surface area contributed by atoms with Gasteiger partial charge < -0.3 is 5.32 Å². The number of nitrogens with zero attached hydrogens (tertiary/aromatic N) is 2. The van der Waals surface area contributed by atoms with Crippen LogP contribution in [0, 0.1) is 17.0 Å². The smallest absolute Gasteiger partial charge is 0.272 e. The molecular formula is C15H23N3O2. The fourth-order valence-electron chi connectivity index (χ4n) is 3.10. The first-order valence-electron chi connectivity index (χ1n) is 7.20. The van der Waals surface area contributed by atoms with Gasteiger partial charge in [0.25, 0.3) is 5.69 Å². The van der Waals surface area contributed by atoms with Crippen LogP contribution in [0.4, 0.5) is 5.69 Å². The molecule has 1 aromatic rings. The molecule has 110 valence electrons. The highest BCUT2D eigenvalue weighted by molar-refractivity contribution is 5.43. The summed E-state index contributed by atoms with van der Waals surface area (Å²) in [5.41, 5.74) is 1.98. The fourth-order valence-corrected chi connectivity index (χ4v) is 3.10. The Labute approximate surface area is 120 Å². The van der Waals surface area contributed by atoms with Crippen LogP contribution in [0.3, 0.4) is 0 Å².